The number of aromatic nitrogens is 1. The molecule has 0 bridgehead atoms. The fourth-order valence-corrected chi connectivity index (χ4v) is 4.18. The number of pyridine rings is 1. The lowest BCUT2D eigenvalue weighted by Crippen LogP contribution is -2.50. The van der Waals surface area contributed by atoms with E-state index in [1.807, 2.05) is 78.0 Å². The molecule has 0 saturated heterocycles. The molecule has 2 aromatic carbocycles. The third-order valence-electron chi connectivity index (χ3n) is 6.13. The summed E-state index contributed by atoms with van der Waals surface area (Å²) in [6.07, 6.45) is 2.93. The lowest BCUT2D eigenvalue weighted by Gasteiger charge is -2.31. The van der Waals surface area contributed by atoms with E-state index in [2.05, 4.69) is 6.92 Å². The van der Waals surface area contributed by atoms with Crippen LogP contribution in [-0.2, 0) is 6.54 Å². The normalized spacial score (nSPS) is 16.4. The molecule has 6 heteroatoms. The minimum atomic E-state index is -0.369. The van der Waals surface area contributed by atoms with Crippen molar-refractivity contribution in [3.63, 3.8) is 0 Å². The van der Waals surface area contributed by atoms with Gasteiger partial charge in [0.2, 0.25) is 0 Å². The zero-order valence-corrected chi connectivity index (χ0v) is 19.5. The molecule has 2 atom stereocenters. The molecule has 1 N–H and O–H groups in total. The first-order chi connectivity index (χ1) is 15.9. The number of ether oxygens (including phenoxy) is 2. The SMILES string of the molecule is CCC(C)Oc1ccc(CN2C(O)=C(C)C(c3ccccc3[O-])[n+]3ccccc32)cc1OC. The Kier molecular flexibility index (Phi) is 6.45. The monoisotopic (exact) mass is 446 g/mol. The van der Waals surface area contributed by atoms with Crippen molar-refractivity contribution in [2.75, 3.05) is 12.0 Å². The smallest absolute Gasteiger partial charge is 0.285 e. The van der Waals surface area contributed by atoms with Gasteiger partial charge < -0.3 is 19.7 Å². The van der Waals surface area contributed by atoms with Gasteiger partial charge in [-0.3, -0.25) is 0 Å². The number of allylic oxidation sites excluding steroid dienone is 1. The molecule has 3 aromatic rings. The maximum absolute atomic E-state index is 12.6. The summed E-state index contributed by atoms with van der Waals surface area (Å²) >= 11 is 0. The summed E-state index contributed by atoms with van der Waals surface area (Å²) in [5, 5.41) is 23.8. The molecule has 0 fully saturated rings. The second kappa shape index (κ2) is 9.45. The Morgan fingerprint density at radius 2 is 1.85 bits per heavy atom. The molecule has 6 nitrogen and oxygen atoms in total. The summed E-state index contributed by atoms with van der Waals surface area (Å²) in [5.41, 5.74) is 2.30. The van der Waals surface area contributed by atoms with Crippen molar-refractivity contribution < 1.29 is 24.3 Å². The molecule has 172 valence electrons. The van der Waals surface area contributed by atoms with Gasteiger partial charge in [0.25, 0.3) is 11.7 Å². The van der Waals surface area contributed by atoms with Crippen molar-refractivity contribution in [3.05, 3.63) is 89.4 Å². The van der Waals surface area contributed by atoms with E-state index in [-0.39, 0.29) is 23.8 Å². The average Bonchev–Trinajstić information content (AvgIpc) is 2.83. The Morgan fingerprint density at radius 3 is 2.58 bits per heavy atom. The van der Waals surface area contributed by atoms with Gasteiger partial charge >= 0.3 is 0 Å². The maximum atomic E-state index is 12.6. The highest BCUT2D eigenvalue weighted by Gasteiger charge is 2.38. The maximum Gasteiger partial charge on any atom is 0.285 e. The van der Waals surface area contributed by atoms with Crippen LogP contribution in [0.3, 0.4) is 0 Å². The van der Waals surface area contributed by atoms with Gasteiger partial charge in [-0.25, -0.2) is 4.57 Å². The number of hydrogen-bond donors (Lipinski definition) is 1. The van der Waals surface area contributed by atoms with Crippen LogP contribution in [-0.4, -0.2) is 18.3 Å². The third-order valence-corrected chi connectivity index (χ3v) is 6.13. The number of rotatable bonds is 7. The molecule has 0 aliphatic carbocycles. The molecule has 1 aliphatic rings. The molecule has 1 aliphatic heterocycles. The number of aliphatic hydroxyl groups is 1. The number of anilines is 1. The number of methoxy groups -OCH3 is 1. The number of aliphatic hydroxyl groups excluding tert-OH is 1. The zero-order chi connectivity index (χ0) is 23.5. The molecular formula is C27H30N2O4. The van der Waals surface area contributed by atoms with Gasteiger partial charge in [0.1, 0.15) is 6.54 Å². The van der Waals surface area contributed by atoms with Crippen LogP contribution in [0.1, 0.15) is 44.4 Å². The van der Waals surface area contributed by atoms with Crippen LogP contribution >= 0.6 is 0 Å². The first-order valence-corrected chi connectivity index (χ1v) is 11.2. The second-order valence-electron chi connectivity index (χ2n) is 8.32. The molecule has 0 radical (unpaired) electrons. The Balaban J connectivity index is 1.72. The second-order valence-corrected chi connectivity index (χ2v) is 8.32. The van der Waals surface area contributed by atoms with Gasteiger partial charge in [-0.2, -0.15) is 4.90 Å². The lowest BCUT2D eigenvalue weighted by atomic mass is 9.96. The number of para-hydroxylation sites is 1. The van der Waals surface area contributed by atoms with Crippen molar-refractivity contribution in [2.24, 2.45) is 0 Å². The molecule has 0 spiro atoms. The quantitative estimate of drug-likeness (QED) is 0.536. The van der Waals surface area contributed by atoms with Crippen LogP contribution in [0.25, 0.3) is 0 Å². The van der Waals surface area contributed by atoms with Gasteiger partial charge in [0.15, 0.2) is 17.5 Å². The Bertz CT molecular complexity index is 1170. The fraction of sp³-hybridized carbons (Fsp3) is 0.296. The number of fused-ring (bicyclic) bond motifs is 1. The minimum absolute atomic E-state index is 0.0490. The number of hydrogen-bond acceptors (Lipinski definition) is 5. The summed E-state index contributed by atoms with van der Waals surface area (Å²) in [7, 11) is 1.63. The van der Waals surface area contributed by atoms with Gasteiger partial charge in [-0.15, -0.1) is 5.75 Å². The van der Waals surface area contributed by atoms with Gasteiger partial charge in [0, 0.05) is 6.07 Å². The van der Waals surface area contributed by atoms with Crippen LogP contribution in [0.4, 0.5) is 5.82 Å². The van der Waals surface area contributed by atoms with E-state index in [1.54, 1.807) is 19.2 Å². The molecule has 33 heavy (non-hydrogen) atoms. The van der Waals surface area contributed by atoms with Crippen LogP contribution in [0.5, 0.6) is 17.2 Å². The van der Waals surface area contributed by atoms with E-state index >= 15 is 0 Å². The average molecular weight is 447 g/mol. The lowest BCUT2D eigenvalue weighted by molar-refractivity contribution is -0.696. The van der Waals surface area contributed by atoms with Gasteiger partial charge in [-0.05, 0) is 49.6 Å². The highest BCUT2D eigenvalue weighted by atomic mass is 16.5. The minimum Gasteiger partial charge on any atom is -0.872 e. The summed E-state index contributed by atoms with van der Waals surface area (Å²) in [5.74, 6) is 2.25. The van der Waals surface area contributed by atoms with E-state index in [4.69, 9.17) is 9.47 Å². The van der Waals surface area contributed by atoms with Gasteiger partial charge in [-0.1, -0.05) is 43.3 Å². The molecule has 4 rings (SSSR count). The topological polar surface area (TPSA) is 68.9 Å². The van der Waals surface area contributed by atoms with Crippen LogP contribution in [0.15, 0.2) is 78.3 Å². The Morgan fingerprint density at radius 1 is 1.09 bits per heavy atom. The van der Waals surface area contributed by atoms with Crippen LogP contribution in [0, 0.1) is 0 Å². The summed E-state index contributed by atoms with van der Waals surface area (Å²) in [4.78, 5) is 1.85. The molecule has 0 amide bonds. The highest BCUT2D eigenvalue weighted by Crippen LogP contribution is 2.36. The molecule has 2 unspecified atom stereocenters. The van der Waals surface area contributed by atoms with E-state index in [1.165, 1.54) is 0 Å². The van der Waals surface area contributed by atoms with Crippen LogP contribution < -0.4 is 24.0 Å². The van der Waals surface area contributed by atoms with E-state index in [0.29, 0.717) is 29.2 Å². The Hall–Kier alpha value is -3.67. The number of nitrogens with zero attached hydrogens (tertiary/aromatic N) is 2. The fourth-order valence-electron chi connectivity index (χ4n) is 4.18. The first kappa shape index (κ1) is 22.5. The van der Waals surface area contributed by atoms with Crippen molar-refractivity contribution in [1.29, 1.82) is 0 Å². The van der Waals surface area contributed by atoms with Crippen molar-refractivity contribution in [2.45, 2.75) is 45.9 Å². The first-order valence-electron chi connectivity index (χ1n) is 11.2. The Labute approximate surface area is 195 Å². The largest absolute Gasteiger partial charge is 0.872 e. The van der Waals surface area contributed by atoms with Crippen molar-refractivity contribution in [3.8, 4) is 17.2 Å². The highest BCUT2D eigenvalue weighted by molar-refractivity contribution is 5.50. The van der Waals surface area contributed by atoms with E-state index in [0.717, 1.165) is 17.8 Å². The summed E-state index contributed by atoms with van der Waals surface area (Å²) in [6, 6.07) is 18.2. The third kappa shape index (κ3) is 4.33. The predicted molar refractivity (Wildman–Crippen MR) is 126 cm³/mol. The molecular weight excluding hydrogens is 416 g/mol. The number of benzene rings is 2. The summed E-state index contributed by atoms with van der Waals surface area (Å²) in [6.45, 7) is 6.40. The predicted octanol–water partition coefficient (Wildman–Crippen LogP) is 4.63. The molecule has 0 saturated carbocycles. The zero-order valence-electron chi connectivity index (χ0n) is 19.5. The van der Waals surface area contributed by atoms with Crippen molar-refractivity contribution in [1.82, 2.24) is 0 Å². The standard InChI is InChI=1S/C27H30N2O4/c1-5-18(2)33-23-14-13-20(16-24(23)32-4)17-29-25-12-8-9-15-28(25)26(19(3)27(29)31)21-10-6-7-11-22(21)30/h6-16,18,26H,5,17H2,1-4H3,(H-,30,31). The summed E-state index contributed by atoms with van der Waals surface area (Å²) < 4.78 is 13.6. The van der Waals surface area contributed by atoms with E-state index in [9.17, 15) is 10.2 Å². The van der Waals surface area contributed by atoms with Crippen molar-refractivity contribution >= 4 is 5.82 Å². The van der Waals surface area contributed by atoms with Crippen LogP contribution in [0.2, 0.25) is 0 Å². The van der Waals surface area contributed by atoms with Gasteiger partial charge in [0.05, 0.1) is 25.0 Å². The molecule has 1 aromatic heterocycles. The van der Waals surface area contributed by atoms with E-state index < -0.39 is 0 Å². The molecule has 2 heterocycles.